The van der Waals surface area contributed by atoms with E-state index in [0.717, 1.165) is 12.8 Å². The Labute approximate surface area is 112 Å². The smallest absolute Gasteiger partial charge is 0.254 e. The summed E-state index contributed by atoms with van der Waals surface area (Å²) in [5.41, 5.74) is 0.0780. The van der Waals surface area contributed by atoms with Crippen LogP contribution in [0.5, 0.6) is 0 Å². The molecule has 2 rings (SSSR count). The lowest BCUT2D eigenvalue weighted by molar-refractivity contribution is 0.0923. The zero-order valence-electron chi connectivity index (χ0n) is 10.6. The van der Waals surface area contributed by atoms with Crippen LogP contribution >= 0.6 is 12.6 Å². The molecule has 1 fully saturated rings. The summed E-state index contributed by atoms with van der Waals surface area (Å²) in [4.78, 5) is 12.6. The molecule has 1 N–H and O–H groups in total. The van der Waals surface area contributed by atoms with Crippen molar-refractivity contribution in [1.82, 2.24) is 5.32 Å². The van der Waals surface area contributed by atoms with Gasteiger partial charge in [-0.1, -0.05) is 13.8 Å². The Hall–Kier alpha value is -1.03. The standard InChI is InChI=1S/C14H18FNOS/c1-8-3-6-13(9(8)2)16-14(17)11-7-10(18)4-5-12(11)15/h4-5,7-9,13,18H,3,6H2,1-2H3,(H,16,17). The fourth-order valence-electron chi connectivity index (χ4n) is 2.50. The number of halogens is 1. The maximum Gasteiger partial charge on any atom is 0.254 e. The van der Waals surface area contributed by atoms with E-state index in [-0.39, 0.29) is 17.5 Å². The molecule has 2 nitrogen and oxygen atoms in total. The topological polar surface area (TPSA) is 29.1 Å². The van der Waals surface area contributed by atoms with E-state index in [0.29, 0.717) is 16.7 Å². The predicted octanol–water partition coefficient (Wildman–Crippen LogP) is 3.28. The predicted molar refractivity (Wildman–Crippen MR) is 72.5 cm³/mol. The van der Waals surface area contributed by atoms with Crippen molar-refractivity contribution in [3.05, 3.63) is 29.6 Å². The van der Waals surface area contributed by atoms with Crippen LogP contribution in [0.4, 0.5) is 4.39 Å². The fraction of sp³-hybridized carbons (Fsp3) is 0.500. The van der Waals surface area contributed by atoms with Crippen molar-refractivity contribution in [3.63, 3.8) is 0 Å². The first-order valence-electron chi connectivity index (χ1n) is 6.28. The minimum atomic E-state index is -0.496. The van der Waals surface area contributed by atoms with E-state index in [9.17, 15) is 9.18 Å². The highest BCUT2D eigenvalue weighted by Crippen LogP contribution is 2.31. The minimum absolute atomic E-state index is 0.0780. The van der Waals surface area contributed by atoms with Crippen LogP contribution in [0, 0.1) is 17.7 Å². The fourth-order valence-corrected chi connectivity index (χ4v) is 2.71. The first-order valence-corrected chi connectivity index (χ1v) is 6.73. The summed E-state index contributed by atoms with van der Waals surface area (Å²) < 4.78 is 13.6. The number of hydrogen-bond acceptors (Lipinski definition) is 2. The van der Waals surface area contributed by atoms with Crippen molar-refractivity contribution in [1.29, 1.82) is 0 Å². The molecule has 18 heavy (non-hydrogen) atoms. The number of carbonyl (C=O) groups excluding carboxylic acids is 1. The third-order valence-corrected chi connectivity index (χ3v) is 4.25. The normalized spacial score (nSPS) is 27.2. The molecule has 0 radical (unpaired) electrons. The lowest BCUT2D eigenvalue weighted by Gasteiger charge is -2.19. The van der Waals surface area contributed by atoms with Crippen LogP contribution in [-0.2, 0) is 0 Å². The van der Waals surface area contributed by atoms with Gasteiger partial charge in [-0.25, -0.2) is 4.39 Å². The first-order chi connectivity index (χ1) is 8.49. The van der Waals surface area contributed by atoms with Crippen molar-refractivity contribution in [3.8, 4) is 0 Å². The number of carbonyl (C=O) groups is 1. The Kier molecular flexibility index (Phi) is 3.95. The molecule has 0 aliphatic heterocycles. The second-order valence-corrected chi connectivity index (χ2v) is 5.67. The van der Waals surface area contributed by atoms with Crippen LogP contribution in [-0.4, -0.2) is 11.9 Å². The summed E-state index contributed by atoms with van der Waals surface area (Å²) in [6, 6.07) is 4.43. The van der Waals surface area contributed by atoms with Gasteiger partial charge in [-0.3, -0.25) is 4.79 Å². The molecule has 0 aromatic heterocycles. The van der Waals surface area contributed by atoms with Gasteiger partial charge in [-0.2, -0.15) is 0 Å². The van der Waals surface area contributed by atoms with E-state index in [1.807, 2.05) is 0 Å². The zero-order valence-corrected chi connectivity index (χ0v) is 11.5. The second kappa shape index (κ2) is 5.31. The maximum atomic E-state index is 13.6. The molecular formula is C14H18FNOS. The average molecular weight is 267 g/mol. The Morgan fingerprint density at radius 2 is 2.11 bits per heavy atom. The highest BCUT2D eigenvalue weighted by Gasteiger charge is 2.31. The number of amides is 1. The van der Waals surface area contributed by atoms with Gasteiger partial charge in [0.2, 0.25) is 0 Å². The summed E-state index contributed by atoms with van der Waals surface area (Å²) in [6.07, 6.45) is 2.08. The first kappa shape index (κ1) is 13.4. The number of rotatable bonds is 2. The molecule has 1 amide bonds. The van der Waals surface area contributed by atoms with Gasteiger partial charge in [0.15, 0.2) is 0 Å². The zero-order chi connectivity index (χ0) is 13.3. The Bertz CT molecular complexity index is 463. The van der Waals surface area contributed by atoms with Gasteiger partial charge in [0, 0.05) is 10.9 Å². The van der Waals surface area contributed by atoms with Gasteiger partial charge in [0.1, 0.15) is 5.82 Å². The van der Waals surface area contributed by atoms with Crippen LogP contribution < -0.4 is 5.32 Å². The molecule has 0 bridgehead atoms. The molecule has 0 saturated heterocycles. The van der Waals surface area contributed by atoms with E-state index in [1.165, 1.54) is 18.2 Å². The summed E-state index contributed by atoms with van der Waals surface area (Å²) >= 11 is 4.13. The van der Waals surface area contributed by atoms with Crippen molar-refractivity contribution in [2.24, 2.45) is 11.8 Å². The molecule has 98 valence electrons. The van der Waals surface area contributed by atoms with E-state index in [2.05, 4.69) is 31.8 Å². The molecule has 1 aliphatic rings. The summed E-state index contributed by atoms with van der Waals surface area (Å²) in [6.45, 7) is 4.32. The summed E-state index contributed by atoms with van der Waals surface area (Å²) in [5.74, 6) is 0.214. The van der Waals surface area contributed by atoms with Gasteiger partial charge >= 0.3 is 0 Å². The second-order valence-electron chi connectivity index (χ2n) is 5.16. The average Bonchev–Trinajstić information content (AvgIpc) is 2.64. The third-order valence-electron chi connectivity index (χ3n) is 3.98. The maximum absolute atomic E-state index is 13.6. The SMILES string of the molecule is CC1CCC(NC(=O)c2cc(S)ccc2F)C1C. The van der Waals surface area contributed by atoms with E-state index >= 15 is 0 Å². The molecule has 3 unspecified atom stereocenters. The quantitative estimate of drug-likeness (QED) is 0.791. The lowest BCUT2D eigenvalue weighted by atomic mass is 9.97. The Morgan fingerprint density at radius 1 is 1.39 bits per heavy atom. The van der Waals surface area contributed by atoms with Gasteiger partial charge in [0.05, 0.1) is 5.56 Å². The molecule has 1 aliphatic carbocycles. The van der Waals surface area contributed by atoms with Crippen LogP contribution in [0.15, 0.2) is 23.1 Å². The van der Waals surface area contributed by atoms with Crippen LogP contribution in [0.25, 0.3) is 0 Å². The lowest BCUT2D eigenvalue weighted by Crippen LogP contribution is -2.37. The van der Waals surface area contributed by atoms with Crippen LogP contribution in [0.2, 0.25) is 0 Å². The molecule has 1 aromatic carbocycles. The number of nitrogens with one attached hydrogen (secondary N) is 1. The molecule has 0 heterocycles. The van der Waals surface area contributed by atoms with Gasteiger partial charge in [-0.05, 0) is 42.9 Å². The Balaban J connectivity index is 2.10. The molecule has 3 atom stereocenters. The van der Waals surface area contributed by atoms with Gasteiger partial charge in [0.25, 0.3) is 5.91 Å². The number of thiol groups is 1. The van der Waals surface area contributed by atoms with Crippen molar-refractivity contribution in [2.75, 3.05) is 0 Å². The number of benzene rings is 1. The van der Waals surface area contributed by atoms with Crippen LogP contribution in [0.1, 0.15) is 37.0 Å². The largest absolute Gasteiger partial charge is 0.349 e. The van der Waals surface area contributed by atoms with E-state index in [1.54, 1.807) is 0 Å². The monoisotopic (exact) mass is 267 g/mol. The van der Waals surface area contributed by atoms with Gasteiger partial charge < -0.3 is 5.32 Å². The number of hydrogen-bond donors (Lipinski definition) is 2. The summed E-state index contributed by atoms with van der Waals surface area (Å²) in [7, 11) is 0. The molecular weight excluding hydrogens is 249 g/mol. The highest BCUT2D eigenvalue weighted by molar-refractivity contribution is 7.80. The minimum Gasteiger partial charge on any atom is -0.349 e. The molecule has 1 saturated carbocycles. The van der Waals surface area contributed by atoms with Crippen molar-refractivity contribution in [2.45, 2.75) is 37.6 Å². The van der Waals surface area contributed by atoms with E-state index < -0.39 is 5.82 Å². The highest BCUT2D eigenvalue weighted by atomic mass is 32.1. The van der Waals surface area contributed by atoms with Gasteiger partial charge in [-0.15, -0.1) is 12.6 Å². The van der Waals surface area contributed by atoms with Crippen LogP contribution in [0.3, 0.4) is 0 Å². The molecule has 4 heteroatoms. The third kappa shape index (κ3) is 2.69. The molecule has 0 spiro atoms. The summed E-state index contributed by atoms with van der Waals surface area (Å²) in [5, 5.41) is 2.93. The van der Waals surface area contributed by atoms with Crippen molar-refractivity contribution >= 4 is 18.5 Å². The molecule has 1 aromatic rings. The van der Waals surface area contributed by atoms with Crippen molar-refractivity contribution < 1.29 is 9.18 Å². The Morgan fingerprint density at radius 3 is 2.72 bits per heavy atom. The van der Waals surface area contributed by atoms with E-state index in [4.69, 9.17) is 0 Å².